The molecule has 1 aromatic carbocycles. The third kappa shape index (κ3) is 3.21. The number of rotatable bonds is 7. The molecule has 0 spiro atoms. The lowest BCUT2D eigenvalue weighted by Crippen LogP contribution is -2.40. The van der Waals surface area contributed by atoms with Gasteiger partial charge in [-0.3, -0.25) is 13.9 Å². The first-order chi connectivity index (χ1) is 14.1. The van der Waals surface area contributed by atoms with E-state index < -0.39 is 0 Å². The molecule has 4 rings (SSSR count). The van der Waals surface area contributed by atoms with Gasteiger partial charge in [-0.2, -0.15) is 4.98 Å². The van der Waals surface area contributed by atoms with Gasteiger partial charge >= 0.3 is 5.69 Å². The minimum Gasteiger partial charge on any atom is -0.494 e. The summed E-state index contributed by atoms with van der Waals surface area (Å²) in [5.41, 5.74) is 1.11. The second-order valence-corrected chi connectivity index (χ2v) is 6.81. The Balaban J connectivity index is 1.78. The van der Waals surface area contributed by atoms with Gasteiger partial charge in [0.2, 0.25) is 5.95 Å². The minimum atomic E-state index is -0.383. The van der Waals surface area contributed by atoms with Crippen molar-refractivity contribution in [2.24, 2.45) is 7.05 Å². The molecule has 29 heavy (non-hydrogen) atoms. The number of benzene rings is 1. The zero-order valence-corrected chi connectivity index (χ0v) is 16.9. The zero-order chi connectivity index (χ0) is 20.5. The Kier molecular flexibility index (Phi) is 5.14. The van der Waals surface area contributed by atoms with Crippen molar-refractivity contribution in [2.45, 2.75) is 26.9 Å². The Morgan fingerprint density at radius 1 is 1.07 bits per heavy atom. The Bertz CT molecular complexity index is 1140. The average Bonchev–Trinajstić information content (AvgIpc) is 3.29. The quantitative estimate of drug-likeness (QED) is 0.560. The third-order valence-corrected chi connectivity index (χ3v) is 5.12. The second kappa shape index (κ2) is 7.75. The highest BCUT2D eigenvalue weighted by Crippen LogP contribution is 2.32. The Hall–Kier alpha value is -3.07. The van der Waals surface area contributed by atoms with Gasteiger partial charge in [-0.25, -0.2) is 4.79 Å². The molecule has 0 saturated carbocycles. The Morgan fingerprint density at radius 2 is 1.83 bits per heavy atom. The van der Waals surface area contributed by atoms with Crippen LogP contribution in [0.2, 0.25) is 0 Å². The van der Waals surface area contributed by atoms with Crippen LogP contribution >= 0.6 is 0 Å². The molecule has 154 valence electrons. The molecule has 1 aliphatic rings. The van der Waals surface area contributed by atoms with Crippen LogP contribution in [0.3, 0.4) is 0 Å². The largest absolute Gasteiger partial charge is 0.494 e. The van der Waals surface area contributed by atoms with E-state index >= 15 is 0 Å². The van der Waals surface area contributed by atoms with Crippen molar-refractivity contribution in [1.29, 1.82) is 0 Å². The zero-order valence-electron chi connectivity index (χ0n) is 16.9. The van der Waals surface area contributed by atoms with Gasteiger partial charge in [0, 0.05) is 32.4 Å². The molecule has 0 N–H and O–H groups in total. The van der Waals surface area contributed by atoms with Crippen LogP contribution in [0.4, 0.5) is 11.6 Å². The number of anilines is 2. The molecular formula is C20H25N5O4. The summed E-state index contributed by atoms with van der Waals surface area (Å²) in [7, 11) is 1.64. The van der Waals surface area contributed by atoms with E-state index in [2.05, 4.69) is 4.98 Å². The monoisotopic (exact) mass is 399 g/mol. The number of hydrogen-bond acceptors (Lipinski definition) is 6. The van der Waals surface area contributed by atoms with Crippen LogP contribution in [0.15, 0.2) is 33.9 Å². The first kappa shape index (κ1) is 19.3. The maximum atomic E-state index is 13.1. The molecule has 2 aromatic heterocycles. The van der Waals surface area contributed by atoms with Crippen molar-refractivity contribution in [3.05, 3.63) is 45.1 Å². The standard InChI is InChI=1S/C20H25N5O4/c1-4-28-13-12-25-18(26)16-17(22(3)20(25)27)21-19-23(10-11-24(16)19)14-6-8-15(9-7-14)29-5-2/h6-9H,4-5,10-13H2,1-3H3. The van der Waals surface area contributed by atoms with E-state index in [4.69, 9.17) is 9.47 Å². The van der Waals surface area contributed by atoms with Gasteiger partial charge in [0.1, 0.15) is 5.75 Å². The fraction of sp³-hybridized carbons (Fsp3) is 0.450. The summed E-state index contributed by atoms with van der Waals surface area (Å²) in [5, 5.41) is 0. The molecule has 3 heterocycles. The second-order valence-electron chi connectivity index (χ2n) is 6.81. The van der Waals surface area contributed by atoms with E-state index in [0.29, 0.717) is 50.0 Å². The van der Waals surface area contributed by atoms with Crippen LogP contribution in [0.5, 0.6) is 5.75 Å². The predicted molar refractivity (Wildman–Crippen MR) is 110 cm³/mol. The van der Waals surface area contributed by atoms with E-state index in [-0.39, 0.29) is 17.8 Å². The van der Waals surface area contributed by atoms with E-state index in [0.717, 1.165) is 11.4 Å². The minimum absolute atomic E-state index is 0.221. The topological polar surface area (TPSA) is 83.5 Å². The molecule has 0 saturated heterocycles. The number of aromatic nitrogens is 4. The summed E-state index contributed by atoms with van der Waals surface area (Å²) in [5.74, 6) is 1.47. The van der Waals surface area contributed by atoms with Crippen LogP contribution < -0.4 is 20.9 Å². The number of imidazole rings is 1. The third-order valence-electron chi connectivity index (χ3n) is 5.12. The molecule has 9 nitrogen and oxygen atoms in total. The smallest absolute Gasteiger partial charge is 0.332 e. The summed E-state index contributed by atoms with van der Waals surface area (Å²) in [4.78, 5) is 32.4. The number of nitrogens with zero attached hydrogens (tertiary/aromatic N) is 5. The van der Waals surface area contributed by atoms with Gasteiger partial charge in [-0.05, 0) is 38.1 Å². The van der Waals surface area contributed by atoms with Crippen LogP contribution in [-0.4, -0.2) is 45.1 Å². The van der Waals surface area contributed by atoms with Crippen LogP contribution in [-0.2, 0) is 24.9 Å². The van der Waals surface area contributed by atoms with Crippen molar-refractivity contribution in [1.82, 2.24) is 18.7 Å². The summed E-state index contributed by atoms with van der Waals surface area (Å²) in [6.45, 7) is 6.84. The van der Waals surface area contributed by atoms with Crippen LogP contribution in [0.25, 0.3) is 11.2 Å². The van der Waals surface area contributed by atoms with Gasteiger partial charge < -0.3 is 18.9 Å². The first-order valence-corrected chi connectivity index (χ1v) is 9.85. The van der Waals surface area contributed by atoms with E-state index in [1.54, 1.807) is 7.05 Å². The Labute approximate surface area is 167 Å². The molecule has 0 aliphatic carbocycles. The molecule has 3 aromatic rings. The first-order valence-electron chi connectivity index (χ1n) is 9.85. The summed E-state index contributed by atoms with van der Waals surface area (Å²) < 4.78 is 15.4. The van der Waals surface area contributed by atoms with Crippen molar-refractivity contribution < 1.29 is 9.47 Å². The fourth-order valence-electron chi connectivity index (χ4n) is 3.71. The fourth-order valence-corrected chi connectivity index (χ4v) is 3.71. The lowest BCUT2D eigenvalue weighted by atomic mass is 10.3. The van der Waals surface area contributed by atoms with E-state index in [1.807, 2.05) is 47.6 Å². The highest BCUT2D eigenvalue weighted by atomic mass is 16.5. The highest BCUT2D eigenvalue weighted by molar-refractivity contribution is 5.77. The molecule has 0 bridgehead atoms. The molecule has 0 unspecified atom stereocenters. The molecule has 0 fully saturated rings. The van der Waals surface area contributed by atoms with Gasteiger partial charge in [0.05, 0.1) is 19.8 Å². The van der Waals surface area contributed by atoms with Gasteiger partial charge in [0.25, 0.3) is 5.56 Å². The van der Waals surface area contributed by atoms with Gasteiger partial charge in [0.15, 0.2) is 11.2 Å². The van der Waals surface area contributed by atoms with Crippen molar-refractivity contribution in [2.75, 3.05) is 31.3 Å². The summed E-state index contributed by atoms with van der Waals surface area (Å²) >= 11 is 0. The van der Waals surface area contributed by atoms with Crippen molar-refractivity contribution in [3.8, 4) is 5.75 Å². The highest BCUT2D eigenvalue weighted by Gasteiger charge is 2.28. The van der Waals surface area contributed by atoms with Crippen LogP contribution in [0.1, 0.15) is 13.8 Å². The van der Waals surface area contributed by atoms with E-state index in [1.165, 1.54) is 9.13 Å². The molecule has 1 aliphatic heterocycles. The SMILES string of the molecule is CCOCCn1c(=O)c2c(nc3n2CCN3c2ccc(OCC)cc2)n(C)c1=O. The lowest BCUT2D eigenvalue weighted by Gasteiger charge is -2.16. The van der Waals surface area contributed by atoms with Crippen molar-refractivity contribution >= 4 is 22.8 Å². The number of aryl methyl sites for hydroxylation is 1. The molecule has 0 atom stereocenters. The maximum absolute atomic E-state index is 13.1. The Morgan fingerprint density at radius 3 is 2.52 bits per heavy atom. The summed E-state index contributed by atoms with van der Waals surface area (Å²) in [6.07, 6.45) is 0. The number of ether oxygens (including phenoxy) is 2. The molecular weight excluding hydrogens is 374 g/mol. The van der Waals surface area contributed by atoms with Crippen LogP contribution in [0, 0.1) is 0 Å². The maximum Gasteiger partial charge on any atom is 0.332 e. The predicted octanol–water partition coefficient (Wildman–Crippen LogP) is 1.48. The molecule has 0 amide bonds. The summed E-state index contributed by atoms with van der Waals surface area (Å²) in [6, 6.07) is 7.78. The lowest BCUT2D eigenvalue weighted by molar-refractivity contribution is 0.137. The molecule has 9 heteroatoms. The van der Waals surface area contributed by atoms with E-state index in [9.17, 15) is 9.59 Å². The number of fused-ring (bicyclic) bond motifs is 3. The number of hydrogen-bond donors (Lipinski definition) is 0. The van der Waals surface area contributed by atoms with Crippen molar-refractivity contribution in [3.63, 3.8) is 0 Å². The van der Waals surface area contributed by atoms with Gasteiger partial charge in [-0.15, -0.1) is 0 Å². The van der Waals surface area contributed by atoms with Gasteiger partial charge in [-0.1, -0.05) is 0 Å². The normalized spacial score (nSPS) is 13.3. The molecule has 0 radical (unpaired) electrons. The average molecular weight is 399 g/mol.